The summed E-state index contributed by atoms with van der Waals surface area (Å²) >= 11 is 0. The predicted octanol–water partition coefficient (Wildman–Crippen LogP) is 7.28. The van der Waals surface area contributed by atoms with Crippen molar-refractivity contribution in [3.05, 3.63) is 110 Å². The van der Waals surface area contributed by atoms with Crippen molar-refractivity contribution in [2.75, 3.05) is 0 Å². The van der Waals surface area contributed by atoms with Gasteiger partial charge in [-0.15, -0.1) is 0 Å². The van der Waals surface area contributed by atoms with Crippen LogP contribution in [0.1, 0.15) is 0 Å². The van der Waals surface area contributed by atoms with Gasteiger partial charge in [-0.05, 0) is 36.7 Å². The Kier molecular flexibility index (Phi) is 6.32. The molecule has 0 unspecified atom stereocenters. The summed E-state index contributed by atoms with van der Waals surface area (Å²) in [4.78, 5) is 18.6. The van der Waals surface area contributed by atoms with Crippen molar-refractivity contribution < 1.29 is 25.8 Å². The van der Waals surface area contributed by atoms with E-state index in [1.807, 2.05) is 87.2 Å². The van der Waals surface area contributed by atoms with Gasteiger partial charge in [0.2, 0.25) is 0 Å². The Balaban J connectivity index is 0.00000288. The summed E-state index contributed by atoms with van der Waals surface area (Å²) in [6.45, 7) is 0. The van der Waals surface area contributed by atoms with E-state index in [2.05, 4.69) is 43.4 Å². The number of benzene rings is 4. The summed E-state index contributed by atoms with van der Waals surface area (Å²) < 4.78 is 10.7. The molecular formula is C34H22N6OPt. The topological polar surface area (TPSA) is 70.7 Å². The molecule has 0 saturated heterocycles. The molecule has 4 aromatic heterocycles. The molecule has 0 aliphatic carbocycles. The Morgan fingerprint density at radius 3 is 1.52 bits per heavy atom. The average Bonchev–Trinajstić information content (AvgIpc) is 3.53. The minimum atomic E-state index is 0. The Bertz CT molecular complexity index is 2130. The van der Waals surface area contributed by atoms with Crippen LogP contribution in [0.4, 0.5) is 0 Å². The fourth-order valence-electron chi connectivity index (χ4n) is 5.54. The number of hydrogen-bond acceptors (Lipinski definition) is 5. The number of rotatable bonds is 4. The zero-order chi connectivity index (χ0) is 27.5. The van der Waals surface area contributed by atoms with Gasteiger partial charge in [-0.3, -0.25) is 19.9 Å². The van der Waals surface area contributed by atoms with Crippen LogP contribution in [0, 0.1) is 12.1 Å². The number of para-hydroxylation sites is 4. The standard InChI is InChI=1S/C34H22N6O.Pt/c1-39-31-9-5-3-7-29(31)37-33(39)25-17-23(15-21-11-13-35-19-27(21)25)41-24-16-22-12-14-36-20-28(22)26(18-24)34-38-30-8-4-6-10-32(30)40(34)2;/h3-16,19-20H,1-2H3;/q-2;+2. The maximum atomic E-state index is 6.52. The molecule has 7 nitrogen and oxygen atoms in total. The van der Waals surface area contributed by atoms with E-state index in [4.69, 9.17) is 14.7 Å². The van der Waals surface area contributed by atoms with Gasteiger partial charge in [-0.1, -0.05) is 93.3 Å². The Hall–Kier alpha value is -4.87. The third-order valence-electron chi connectivity index (χ3n) is 7.56. The molecule has 8 aromatic rings. The number of nitrogens with zero attached hydrogens (tertiary/aromatic N) is 6. The Labute approximate surface area is 255 Å². The van der Waals surface area contributed by atoms with Gasteiger partial charge in [0.15, 0.2) is 0 Å². The van der Waals surface area contributed by atoms with Crippen LogP contribution in [0.3, 0.4) is 0 Å². The first-order valence-electron chi connectivity index (χ1n) is 13.3. The molecule has 0 bridgehead atoms. The van der Waals surface area contributed by atoms with Gasteiger partial charge < -0.3 is 13.9 Å². The first-order valence-corrected chi connectivity index (χ1v) is 13.3. The van der Waals surface area contributed by atoms with E-state index in [0.29, 0.717) is 11.5 Å². The number of aryl methyl sites for hydroxylation is 2. The third-order valence-corrected chi connectivity index (χ3v) is 7.56. The van der Waals surface area contributed by atoms with Crippen molar-refractivity contribution in [1.82, 2.24) is 29.1 Å². The van der Waals surface area contributed by atoms with Gasteiger partial charge in [-0.2, -0.15) is 0 Å². The molecule has 0 fully saturated rings. The number of pyridine rings is 2. The molecule has 42 heavy (non-hydrogen) atoms. The SMILES string of the molecule is Cn1c(-c2[c-]c(Oc3[c-]c(-c4nc5ccccc5n4C)c4cnccc4c3)cc3ccncc23)nc2ccccc21.[Pt+2]. The van der Waals surface area contributed by atoms with Crippen molar-refractivity contribution >= 4 is 43.6 Å². The predicted molar refractivity (Wildman–Crippen MR) is 161 cm³/mol. The van der Waals surface area contributed by atoms with Crippen LogP contribution >= 0.6 is 0 Å². The molecule has 0 N–H and O–H groups in total. The number of ether oxygens (including phenoxy) is 1. The van der Waals surface area contributed by atoms with Gasteiger partial charge >= 0.3 is 21.1 Å². The fraction of sp³-hybridized carbons (Fsp3) is 0.0588. The molecular weight excluding hydrogens is 703 g/mol. The molecule has 8 heteroatoms. The van der Waals surface area contributed by atoms with Crippen LogP contribution in [0.2, 0.25) is 0 Å². The zero-order valence-electron chi connectivity index (χ0n) is 22.6. The zero-order valence-corrected chi connectivity index (χ0v) is 24.9. The maximum Gasteiger partial charge on any atom is 2.00 e. The molecule has 204 valence electrons. The minimum absolute atomic E-state index is 0. The molecule has 0 aliphatic rings. The van der Waals surface area contributed by atoms with E-state index in [-0.39, 0.29) is 21.1 Å². The van der Waals surface area contributed by atoms with E-state index < -0.39 is 0 Å². The van der Waals surface area contributed by atoms with Crippen molar-refractivity contribution in [2.24, 2.45) is 14.1 Å². The normalized spacial score (nSPS) is 11.4. The van der Waals surface area contributed by atoms with Crippen LogP contribution in [0.25, 0.3) is 66.4 Å². The molecule has 4 heterocycles. The first kappa shape index (κ1) is 26.1. The van der Waals surface area contributed by atoms with E-state index in [1.54, 1.807) is 12.4 Å². The molecule has 8 rings (SSSR count). The molecule has 0 atom stereocenters. The Morgan fingerprint density at radius 2 is 1.07 bits per heavy atom. The molecule has 4 aromatic carbocycles. The van der Waals surface area contributed by atoms with Gasteiger partial charge in [0.25, 0.3) is 0 Å². The van der Waals surface area contributed by atoms with Crippen LogP contribution < -0.4 is 4.74 Å². The monoisotopic (exact) mass is 725 g/mol. The number of imidazole rings is 2. The summed E-state index contributed by atoms with van der Waals surface area (Å²) in [6, 6.07) is 31.1. The second-order valence-electron chi connectivity index (χ2n) is 10.0. The summed E-state index contributed by atoms with van der Waals surface area (Å²) in [5, 5.41) is 3.87. The smallest absolute Gasteiger partial charge is 0.497 e. The van der Waals surface area contributed by atoms with Crippen molar-refractivity contribution in [2.45, 2.75) is 0 Å². The molecule has 0 radical (unpaired) electrons. The number of aromatic nitrogens is 6. The van der Waals surface area contributed by atoms with Crippen LogP contribution in [0.5, 0.6) is 11.5 Å². The van der Waals surface area contributed by atoms with Crippen molar-refractivity contribution in [3.8, 4) is 34.3 Å². The second kappa shape index (κ2) is 10.2. The van der Waals surface area contributed by atoms with Crippen LogP contribution in [-0.4, -0.2) is 29.1 Å². The summed E-state index contributed by atoms with van der Waals surface area (Å²) in [5.41, 5.74) is 5.58. The fourth-order valence-corrected chi connectivity index (χ4v) is 5.54. The average molecular weight is 726 g/mol. The van der Waals surface area contributed by atoms with Gasteiger partial charge in [0.05, 0.1) is 33.7 Å². The Morgan fingerprint density at radius 1 is 0.619 bits per heavy atom. The summed E-state index contributed by atoms with van der Waals surface area (Å²) in [6.07, 6.45) is 7.26. The van der Waals surface area contributed by atoms with Crippen LogP contribution in [-0.2, 0) is 35.2 Å². The quantitative estimate of drug-likeness (QED) is 0.179. The van der Waals surface area contributed by atoms with E-state index in [0.717, 1.165) is 66.4 Å². The van der Waals surface area contributed by atoms with Crippen molar-refractivity contribution in [3.63, 3.8) is 0 Å². The summed E-state index contributed by atoms with van der Waals surface area (Å²) in [7, 11) is 4.03. The number of hydrogen-bond donors (Lipinski definition) is 0. The summed E-state index contributed by atoms with van der Waals surface area (Å²) in [5.74, 6) is 2.71. The largest absolute Gasteiger partial charge is 2.00 e. The van der Waals surface area contributed by atoms with Gasteiger partial charge in [-0.25, -0.2) is 0 Å². The second-order valence-corrected chi connectivity index (χ2v) is 10.0. The molecule has 0 spiro atoms. The first-order chi connectivity index (χ1) is 20.1. The molecule has 0 amide bonds. The van der Waals surface area contributed by atoms with Crippen LogP contribution in [0.15, 0.2) is 97.6 Å². The molecule has 0 aliphatic heterocycles. The van der Waals surface area contributed by atoms with Crippen molar-refractivity contribution in [1.29, 1.82) is 0 Å². The third kappa shape index (κ3) is 4.16. The van der Waals surface area contributed by atoms with E-state index in [1.165, 1.54) is 0 Å². The van der Waals surface area contributed by atoms with E-state index in [9.17, 15) is 0 Å². The number of fused-ring (bicyclic) bond motifs is 4. The maximum absolute atomic E-state index is 6.52. The van der Waals surface area contributed by atoms with Gasteiger partial charge in [0.1, 0.15) is 0 Å². The molecule has 0 saturated carbocycles. The van der Waals surface area contributed by atoms with Gasteiger partial charge in [0, 0.05) is 38.0 Å². The van der Waals surface area contributed by atoms with E-state index >= 15 is 0 Å². The minimum Gasteiger partial charge on any atom is -0.497 e.